The van der Waals surface area contributed by atoms with Crippen molar-refractivity contribution in [2.75, 3.05) is 20.3 Å². The highest BCUT2D eigenvalue weighted by Crippen LogP contribution is 2.42. The third-order valence-electron chi connectivity index (χ3n) is 11.4. The van der Waals surface area contributed by atoms with Gasteiger partial charge in [-0.05, 0) is 75.8 Å². The van der Waals surface area contributed by atoms with Crippen molar-refractivity contribution >= 4 is 80.5 Å². The van der Waals surface area contributed by atoms with Gasteiger partial charge in [-0.3, -0.25) is 24.4 Å². The lowest BCUT2D eigenvalue weighted by Crippen LogP contribution is -2.61. The number of hydrogen-bond donors (Lipinski definition) is 2. The van der Waals surface area contributed by atoms with Crippen molar-refractivity contribution in [1.82, 2.24) is 30.3 Å². The van der Waals surface area contributed by atoms with Crippen LogP contribution in [0.25, 0.3) is 33.4 Å². The summed E-state index contributed by atoms with van der Waals surface area (Å²) in [5, 5.41) is 7.81. The average molecular weight is 879 g/mol. The summed E-state index contributed by atoms with van der Waals surface area (Å²) in [7, 11) is 1.68. The first-order chi connectivity index (χ1) is 26.4. The highest BCUT2D eigenvalue weighted by Gasteiger charge is 2.41. The second-order valence-corrected chi connectivity index (χ2v) is 16.8. The van der Waals surface area contributed by atoms with E-state index in [1.807, 2.05) is 24.4 Å². The van der Waals surface area contributed by atoms with Gasteiger partial charge >= 0.3 is 5.97 Å². The third-order valence-corrected chi connectivity index (χ3v) is 12.3. The Balaban J connectivity index is 0.00000248. The number of rotatable bonds is 7. The number of amides is 2. The summed E-state index contributed by atoms with van der Waals surface area (Å²) >= 11 is 1.38. The van der Waals surface area contributed by atoms with Crippen molar-refractivity contribution in [2.24, 2.45) is 17.3 Å². The average Bonchev–Trinajstić information content (AvgIpc) is 3.94. The topological polar surface area (TPSA) is 128 Å². The Kier molecular flexibility index (Phi) is 16.3. The summed E-state index contributed by atoms with van der Waals surface area (Å²) in [4.78, 5) is 51.1. The van der Waals surface area contributed by atoms with Crippen LogP contribution in [0.4, 0.5) is 8.78 Å². The lowest BCUT2D eigenvalue weighted by molar-refractivity contribution is -0.155. The molecule has 5 atom stereocenters. The minimum atomic E-state index is -2.62. The number of hydrogen-bond acceptors (Lipinski definition) is 9. The van der Waals surface area contributed by atoms with E-state index in [4.69, 9.17) is 19.4 Å². The third kappa shape index (κ3) is 9.70. The Bertz CT molecular complexity index is 2080. The number of carbonyl (C=O) groups is 3. The van der Waals surface area contributed by atoms with E-state index in [0.717, 1.165) is 44.7 Å². The molecule has 17 heteroatoms. The number of nitrogens with one attached hydrogen (secondary N) is 2. The molecule has 6 bridgehead atoms. The SMILES string of the molecule is CCn1c(-c2cccnc2[C@H](C)OC)c2c3cc(ccc31)-c1csc(n1)C[C@H](NC(=O)C1CCCC1C(F)F)C(=O)N1CCC[C@H](N1)C(=O)OCC(C)(C)C2.S.S.S. The van der Waals surface area contributed by atoms with Crippen LogP contribution in [0, 0.1) is 17.3 Å². The second-order valence-electron chi connectivity index (χ2n) is 15.8. The number of carbonyl (C=O) groups excluding carboxylic acids is 3. The summed E-state index contributed by atoms with van der Waals surface area (Å²) < 4.78 is 41.8. The number of nitrogens with zero attached hydrogens (tertiary/aromatic N) is 4. The number of fused-ring (bicyclic) bond motifs is 6. The van der Waals surface area contributed by atoms with Crippen molar-refractivity contribution in [1.29, 1.82) is 0 Å². The maximum Gasteiger partial charge on any atom is 0.324 e. The van der Waals surface area contributed by atoms with Crippen LogP contribution in [0.3, 0.4) is 0 Å². The van der Waals surface area contributed by atoms with Gasteiger partial charge in [0.25, 0.3) is 5.91 Å². The van der Waals surface area contributed by atoms with Gasteiger partial charge in [0.2, 0.25) is 12.3 Å². The van der Waals surface area contributed by atoms with Crippen LogP contribution in [0.5, 0.6) is 0 Å². The Hall–Kier alpha value is -3.22. The molecule has 2 amide bonds. The maximum atomic E-state index is 14.2. The van der Waals surface area contributed by atoms with Gasteiger partial charge in [-0.15, -0.1) is 11.3 Å². The molecule has 5 heterocycles. The normalized spacial score (nSPS) is 22.6. The first-order valence-corrected chi connectivity index (χ1v) is 20.2. The quantitative estimate of drug-likeness (QED) is 0.187. The smallest absolute Gasteiger partial charge is 0.324 e. The second kappa shape index (κ2) is 19.9. The van der Waals surface area contributed by atoms with Gasteiger partial charge in [-0.1, -0.05) is 26.3 Å². The molecule has 2 fully saturated rings. The Morgan fingerprint density at radius 2 is 1.91 bits per heavy atom. The van der Waals surface area contributed by atoms with Crippen LogP contribution in [-0.2, 0) is 43.2 Å². The van der Waals surface area contributed by atoms with Crippen LogP contribution in [0.15, 0.2) is 41.9 Å². The van der Waals surface area contributed by atoms with Crippen LogP contribution in [0.2, 0.25) is 0 Å². The van der Waals surface area contributed by atoms with Crippen LogP contribution >= 0.6 is 51.8 Å². The van der Waals surface area contributed by atoms with Gasteiger partial charge in [0.1, 0.15) is 12.1 Å². The zero-order valence-corrected chi connectivity index (χ0v) is 37.4. The molecule has 2 aliphatic heterocycles. The molecule has 11 nitrogen and oxygen atoms in total. The van der Waals surface area contributed by atoms with Crippen molar-refractivity contribution in [3.8, 4) is 22.5 Å². The van der Waals surface area contributed by atoms with Crippen LogP contribution in [0.1, 0.15) is 82.2 Å². The highest BCUT2D eigenvalue weighted by atomic mass is 32.1. The van der Waals surface area contributed by atoms with Gasteiger partial charge in [0.15, 0.2) is 0 Å². The minimum absolute atomic E-state index is 0. The fraction of sp³-hybridized carbons (Fsp3) is 0.537. The van der Waals surface area contributed by atoms with E-state index >= 15 is 0 Å². The molecular formula is C41H56F2N6O5S4. The lowest BCUT2D eigenvalue weighted by Gasteiger charge is -2.35. The first-order valence-electron chi connectivity index (χ1n) is 19.3. The molecule has 1 aliphatic carbocycles. The molecule has 2 N–H and O–H groups in total. The standard InChI is InChI=1S/C41H50F2N6O5S.3H2S/c1-6-48-33-15-14-24-18-28(33)29(36(48)27-12-8-16-44-35(27)23(2)53-5)20-41(3,4)22-54-40(52)30-13-9-17-49(47-30)39(51)31(19-34-45-32(24)21-55-34)46-38(50)26-11-7-10-25(26)37(42)43;;;/h8,12,14-16,18,21,23,25-26,30-31,37,47H,6-7,9-11,13,17,19-20,22H2,1-5H3,(H,46,50);3*1H2/t23-,25?,26?,30-,31-;;;/m0.../s1. The Labute approximate surface area is 363 Å². The molecule has 1 aromatic carbocycles. The first kappa shape index (κ1) is 47.5. The molecule has 58 heavy (non-hydrogen) atoms. The van der Waals surface area contributed by atoms with Crippen LogP contribution in [-0.4, -0.2) is 76.1 Å². The maximum absolute atomic E-state index is 14.2. The van der Waals surface area contributed by atoms with Gasteiger partial charge < -0.3 is 19.4 Å². The van der Waals surface area contributed by atoms with Crippen molar-refractivity contribution in [3.05, 3.63) is 58.2 Å². The zero-order chi connectivity index (χ0) is 39.0. The van der Waals surface area contributed by atoms with Gasteiger partial charge in [-0.2, -0.15) is 40.5 Å². The van der Waals surface area contributed by atoms with Gasteiger partial charge in [0, 0.05) is 77.5 Å². The van der Waals surface area contributed by atoms with Crippen molar-refractivity contribution in [3.63, 3.8) is 0 Å². The number of ether oxygens (including phenoxy) is 2. The predicted molar refractivity (Wildman–Crippen MR) is 237 cm³/mol. The number of aryl methyl sites for hydroxylation is 1. The molecule has 1 saturated carbocycles. The molecule has 3 aromatic heterocycles. The number of alkyl halides is 2. The molecule has 318 valence electrons. The summed E-state index contributed by atoms with van der Waals surface area (Å²) in [5.74, 6) is -3.40. The highest BCUT2D eigenvalue weighted by molar-refractivity contribution is 7.59. The molecule has 2 unspecified atom stereocenters. The molecule has 1 saturated heterocycles. The number of cyclic esters (lactones) is 1. The van der Waals surface area contributed by atoms with Gasteiger partial charge in [-0.25, -0.2) is 19.2 Å². The van der Waals surface area contributed by atoms with Crippen molar-refractivity contribution < 1.29 is 32.6 Å². The largest absolute Gasteiger partial charge is 0.464 e. The molecule has 3 aliphatic rings. The van der Waals surface area contributed by atoms with E-state index in [-0.39, 0.29) is 66.0 Å². The van der Waals surface area contributed by atoms with E-state index in [9.17, 15) is 23.2 Å². The van der Waals surface area contributed by atoms with E-state index in [1.54, 1.807) is 13.3 Å². The van der Waals surface area contributed by atoms with E-state index in [0.29, 0.717) is 50.2 Å². The number of thiazole rings is 1. The summed E-state index contributed by atoms with van der Waals surface area (Å²) in [6.45, 7) is 9.40. The fourth-order valence-corrected chi connectivity index (χ4v) is 9.31. The molecule has 0 spiro atoms. The van der Waals surface area contributed by atoms with E-state index in [2.05, 4.69) is 54.3 Å². The van der Waals surface area contributed by atoms with Gasteiger partial charge in [0.05, 0.1) is 34.8 Å². The van der Waals surface area contributed by atoms with E-state index < -0.39 is 53.5 Å². The lowest BCUT2D eigenvalue weighted by atomic mass is 9.84. The van der Waals surface area contributed by atoms with Crippen molar-refractivity contribution in [2.45, 2.75) is 104 Å². The summed E-state index contributed by atoms with van der Waals surface area (Å²) in [6.07, 6.45) is 1.69. The summed E-state index contributed by atoms with van der Waals surface area (Å²) in [5.41, 5.74) is 9.15. The number of halogens is 2. The summed E-state index contributed by atoms with van der Waals surface area (Å²) in [6, 6.07) is 8.46. The molecular weight excluding hydrogens is 823 g/mol. The van der Waals surface area contributed by atoms with E-state index in [1.165, 1.54) is 16.3 Å². The Morgan fingerprint density at radius 3 is 2.64 bits per heavy atom. The number of benzene rings is 1. The Morgan fingerprint density at radius 1 is 1.14 bits per heavy atom. The predicted octanol–water partition coefficient (Wildman–Crippen LogP) is 7.22. The number of pyridine rings is 1. The monoisotopic (exact) mass is 878 g/mol. The van der Waals surface area contributed by atoms with Crippen LogP contribution < -0.4 is 10.7 Å². The number of hydrazine groups is 1. The fourth-order valence-electron chi connectivity index (χ4n) is 8.46. The number of esters is 1. The minimum Gasteiger partial charge on any atom is -0.464 e. The number of methoxy groups -OCH3 is 1. The molecule has 4 aromatic rings. The zero-order valence-electron chi connectivity index (χ0n) is 33.6. The number of aromatic nitrogens is 3. The molecule has 7 rings (SSSR count). The molecule has 0 radical (unpaired) electrons.